The smallest absolute Gasteiger partial charge is 0.299 e. The van der Waals surface area contributed by atoms with E-state index in [0.717, 1.165) is 38.5 Å². The van der Waals surface area contributed by atoms with Crippen LogP contribution in [0.4, 0.5) is 0 Å². The van der Waals surface area contributed by atoms with Crippen LogP contribution in [0.25, 0.3) is 59.1 Å². The number of rotatable bonds is 36. The average molecular weight is 1630 g/mol. The third kappa shape index (κ3) is 15.9. The Morgan fingerprint density at radius 1 is 0.350 bits per heavy atom. The lowest BCUT2D eigenvalue weighted by Crippen LogP contribution is -2.70. The Balaban J connectivity index is 1.18. The van der Waals surface area contributed by atoms with Gasteiger partial charge in [0.05, 0.1) is 8.03 Å². The van der Waals surface area contributed by atoms with E-state index in [-0.39, 0.29) is 12.2 Å². The molecule has 0 aliphatic heterocycles. The maximum absolute atomic E-state index is 8.64. The number of hydrogen-bond acceptors (Lipinski definition) is 7. The molecule has 0 unspecified atom stereocenters. The van der Waals surface area contributed by atoms with Crippen molar-refractivity contribution in [3.8, 4) is 0 Å². The van der Waals surface area contributed by atoms with Crippen LogP contribution in [-0.2, 0) is 34.5 Å². The Morgan fingerprint density at radius 2 is 0.631 bits per heavy atom. The third-order valence-electron chi connectivity index (χ3n) is 24.3. The fourth-order valence-corrected chi connectivity index (χ4v) is 39.4. The van der Waals surface area contributed by atoms with Crippen LogP contribution in [0.5, 0.6) is 0 Å². The third-order valence-corrected chi connectivity index (χ3v) is 43.1. The van der Waals surface area contributed by atoms with E-state index in [0.29, 0.717) is 35.5 Å². The molecule has 5 aromatic heterocycles. The van der Waals surface area contributed by atoms with Crippen molar-refractivity contribution in [3.63, 3.8) is 0 Å². The van der Waals surface area contributed by atoms with Gasteiger partial charge >= 0.3 is 0 Å². The van der Waals surface area contributed by atoms with E-state index in [1.807, 2.05) is 0 Å². The lowest BCUT2D eigenvalue weighted by molar-refractivity contribution is 0.0441. The van der Waals surface area contributed by atoms with E-state index in [4.69, 9.17) is 40.7 Å². The summed E-state index contributed by atoms with van der Waals surface area (Å²) in [5.74, 6) is 3.24. The summed E-state index contributed by atoms with van der Waals surface area (Å²) in [4.78, 5) is 0. The van der Waals surface area contributed by atoms with Gasteiger partial charge in [-0.3, -0.25) is 0 Å². The molecule has 11 heteroatoms. The molecule has 2 aliphatic carbocycles. The van der Waals surface area contributed by atoms with Crippen molar-refractivity contribution in [2.75, 3.05) is 0 Å². The quantitative estimate of drug-likeness (QED) is 0.0288. The summed E-state index contributed by atoms with van der Waals surface area (Å²) in [5.41, 5.74) is 6.59. The van der Waals surface area contributed by atoms with Crippen molar-refractivity contribution < 1.29 is 8.85 Å². The maximum Gasteiger partial charge on any atom is 0.299 e. The summed E-state index contributed by atoms with van der Waals surface area (Å²) in [6.07, 6.45) is 37.3. The van der Waals surface area contributed by atoms with E-state index in [9.17, 15) is 0 Å². The maximum atomic E-state index is 8.64. The normalized spacial score (nSPS) is 18.7. The highest BCUT2D eigenvalue weighted by Gasteiger charge is 2.52. The van der Waals surface area contributed by atoms with Crippen LogP contribution in [-0.4, -0.2) is 28.8 Å². The molecule has 6 atom stereocenters. The van der Waals surface area contributed by atoms with Crippen molar-refractivity contribution in [1.29, 1.82) is 0 Å². The topological polar surface area (TPSA) is 18.5 Å². The molecule has 0 saturated heterocycles. The van der Waals surface area contributed by atoms with Crippen molar-refractivity contribution in [2.45, 2.75) is 274 Å². The zero-order chi connectivity index (χ0) is 71.8. The summed E-state index contributed by atoms with van der Waals surface area (Å²) in [7, 11) is -6.64. The zero-order valence-corrected chi connectivity index (χ0v) is 73.2. The second kappa shape index (κ2) is 36.0. The molecule has 13 rings (SSSR count). The lowest BCUT2D eigenvalue weighted by atomic mass is 9.75. The Kier molecular flexibility index (Phi) is 27.2. The van der Waals surface area contributed by atoms with Gasteiger partial charge in [-0.05, 0) is 187 Å². The van der Waals surface area contributed by atoms with Crippen LogP contribution in [0.1, 0.15) is 258 Å². The van der Waals surface area contributed by atoms with Crippen LogP contribution < -0.4 is 29.7 Å². The molecule has 2 saturated carbocycles. The van der Waals surface area contributed by atoms with Gasteiger partial charge in [-0.15, -0.1) is 56.7 Å². The first-order valence-electron chi connectivity index (χ1n) is 41.0. The molecule has 0 N–H and O–H groups in total. The highest BCUT2D eigenvalue weighted by atomic mass is 79.9. The highest BCUT2D eigenvalue weighted by molar-refractivity contribution is 9.11. The predicted octanol–water partition coefficient (Wildman–Crippen LogP) is 27.4. The largest absolute Gasteiger partial charge is 0.400 e. The summed E-state index contributed by atoms with van der Waals surface area (Å²) < 4.78 is 31.9. The minimum absolute atomic E-state index is 0.142. The summed E-state index contributed by atoms with van der Waals surface area (Å²) in [5, 5.41) is 14.4. The average Bonchev–Trinajstić information content (AvgIpc) is 1.52. The van der Waals surface area contributed by atoms with Crippen LogP contribution in [0, 0.1) is 35.5 Å². The van der Waals surface area contributed by atoms with Gasteiger partial charge in [0.25, 0.3) is 16.6 Å². The molecule has 6 aromatic carbocycles. The molecule has 2 fully saturated rings. The Morgan fingerprint density at radius 3 is 0.913 bits per heavy atom. The Bertz CT molecular complexity index is 4180. The lowest BCUT2D eigenvalue weighted by Gasteiger charge is -2.43. The van der Waals surface area contributed by atoms with Gasteiger partial charge in [-0.1, -0.05) is 306 Å². The van der Waals surface area contributed by atoms with Crippen molar-refractivity contribution in [3.05, 3.63) is 153 Å². The molecule has 103 heavy (non-hydrogen) atoms. The van der Waals surface area contributed by atoms with E-state index in [2.05, 4.69) is 247 Å². The molecule has 0 amide bonds. The number of unbranched alkanes of at least 4 members (excludes halogenated alkanes) is 16. The molecule has 5 heterocycles. The SMILES string of the molecule is CCCCCCCc1c(CCCCCCC)c2sc3sc4sc5c(CCCCCCC)c(CCCCCCC)c6sc([Si](O[C@@H]7C[C@H](C)CC[C@H]7C(C)C)(c7ccccc7)c7ccccc7)c(Br)c6c5c4c3c2c2c(Br)c([Si](O[C@@H]3C[C@H](C)CC[C@H]3C(C)C)(c3ccccc3)c3ccccc3)sc12. The number of hydrogen-bond donors (Lipinski definition) is 0. The minimum atomic E-state index is -3.32. The summed E-state index contributed by atoms with van der Waals surface area (Å²) in [6, 6.07) is 47.0. The molecule has 550 valence electrons. The molecule has 2 aliphatic rings. The van der Waals surface area contributed by atoms with Gasteiger partial charge in [0, 0.05) is 81.3 Å². The number of halogens is 2. The van der Waals surface area contributed by atoms with E-state index >= 15 is 0 Å². The molecule has 2 nitrogen and oxygen atoms in total. The minimum Gasteiger partial charge on any atom is -0.400 e. The molecule has 0 spiro atoms. The van der Waals surface area contributed by atoms with Crippen LogP contribution in [0.3, 0.4) is 0 Å². The first kappa shape index (κ1) is 77.8. The number of fused-ring (bicyclic) bond motifs is 11. The first-order chi connectivity index (χ1) is 50.3. The molecule has 11 aromatic rings. The second-order valence-corrected chi connectivity index (χ2v) is 46.7. The van der Waals surface area contributed by atoms with Gasteiger partial charge in [-0.2, -0.15) is 0 Å². The predicted molar refractivity (Wildman–Crippen MR) is 474 cm³/mol. The summed E-state index contributed by atoms with van der Waals surface area (Å²) in [6.45, 7) is 24.4. The molecule has 0 radical (unpaired) electrons. The van der Waals surface area contributed by atoms with Gasteiger partial charge in [0.2, 0.25) is 0 Å². The molecular formula is C92H118Br2O2S5Si2. The van der Waals surface area contributed by atoms with Gasteiger partial charge in [-0.25, -0.2) is 0 Å². The highest BCUT2D eigenvalue weighted by Crippen LogP contribution is 2.58. The van der Waals surface area contributed by atoms with Gasteiger partial charge < -0.3 is 8.85 Å². The first-order valence-corrected chi connectivity index (χ1v) is 50.5. The second-order valence-electron chi connectivity index (χ2n) is 32.3. The van der Waals surface area contributed by atoms with Crippen LogP contribution in [0.2, 0.25) is 0 Å². The molecular weight excluding hydrogens is 1510 g/mol. The zero-order valence-electron chi connectivity index (χ0n) is 64.0. The summed E-state index contributed by atoms with van der Waals surface area (Å²) >= 11 is 20.5. The Hall–Kier alpha value is -3.31. The standard InChI is InChI=1S/C92H118Br2O2S5Si2/c1-11-15-19-23-39-51-71-73(53-41-25-21-17-13-3)87-81(83(93)91(99-87)102(65-43-31-27-32-44-65,66-45-33-28-34-46-66)95-75-59-63(9)55-57-69(75)61(5)6)77-79-80-78-82-84(94)92(103(67-47-35-29-36-48-67,68-49-37-30-38-50-68)96-76-60-64(10)56-58-70(76)62(7)8)100-88(82)74(54-42-26-22-18-14-4)72(52-40-24-20-16-12-2)86(78)98-90(80)101-89(79)97-85(71)77/h27-38,43-50,61-64,69-70,75-76H,11-26,39-42,51-60H2,1-10H3/t63-,64-,69+,70+,75-,76-/m1/s1. The van der Waals surface area contributed by atoms with E-state index in [1.165, 1.54) is 243 Å². The van der Waals surface area contributed by atoms with E-state index in [1.54, 1.807) is 31.7 Å². The van der Waals surface area contributed by atoms with Gasteiger partial charge in [0.1, 0.15) is 0 Å². The monoisotopic (exact) mass is 1630 g/mol. The fourth-order valence-electron chi connectivity index (χ4n) is 18.7. The van der Waals surface area contributed by atoms with Crippen LogP contribution >= 0.6 is 88.5 Å². The number of benzene rings is 6. The van der Waals surface area contributed by atoms with E-state index < -0.39 is 16.6 Å². The van der Waals surface area contributed by atoms with Crippen LogP contribution in [0.15, 0.2) is 130 Å². The molecule has 0 bridgehead atoms. The van der Waals surface area contributed by atoms with Crippen molar-refractivity contribution in [1.82, 2.24) is 0 Å². The van der Waals surface area contributed by atoms with Gasteiger partial charge in [0.15, 0.2) is 0 Å². The number of aryl methyl sites for hydroxylation is 4. The fraction of sp³-hybridized carbons (Fsp3) is 0.522. The van der Waals surface area contributed by atoms with Crippen molar-refractivity contribution >= 4 is 194 Å². The number of thiophene rings is 5. The van der Waals surface area contributed by atoms with Crippen molar-refractivity contribution in [2.24, 2.45) is 35.5 Å². The Labute approximate surface area is 658 Å².